The molecule has 3 aromatic heterocycles. The van der Waals surface area contributed by atoms with E-state index in [0.717, 1.165) is 0 Å². The van der Waals surface area contributed by atoms with E-state index in [1.165, 1.54) is 22.9 Å². The molecule has 5 aromatic rings. The predicted octanol–water partition coefficient (Wildman–Crippen LogP) is 3.30. The second-order valence-electron chi connectivity index (χ2n) is 6.61. The topological polar surface area (TPSA) is 94.5 Å². The minimum absolute atomic E-state index is 0.00679. The van der Waals surface area contributed by atoms with Gasteiger partial charge in [0.05, 0.1) is 22.7 Å². The highest BCUT2D eigenvalue weighted by molar-refractivity contribution is 6.14. The lowest BCUT2D eigenvalue weighted by molar-refractivity contribution is 0.100. The fourth-order valence-corrected chi connectivity index (χ4v) is 3.33. The number of ketones is 2. The average Bonchev–Trinajstić information content (AvgIpc) is 3.33. The van der Waals surface area contributed by atoms with Crippen LogP contribution in [0.15, 0.2) is 88.3 Å². The smallest absolute Gasteiger partial charge is 0.281 e. The molecule has 30 heavy (non-hydrogen) atoms. The molecule has 0 saturated carbocycles. The molecule has 2 aromatic carbocycles. The largest absolute Gasteiger partial charge is 0.461 e. The first-order chi connectivity index (χ1) is 14.6. The monoisotopic (exact) mass is 395 g/mol. The van der Waals surface area contributed by atoms with Crippen LogP contribution in [0.25, 0.3) is 16.6 Å². The van der Waals surface area contributed by atoms with Crippen LogP contribution in [0.4, 0.5) is 0 Å². The van der Waals surface area contributed by atoms with E-state index in [1.54, 1.807) is 60.7 Å². The number of carbonyl (C=O) groups excluding carboxylic acids is 2. The number of aromatic nitrogens is 3. The van der Waals surface area contributed by atoms with Gasteiger partial charge in [0.25, 0.3) is 5.56 Å². The van der Waals surface area contributed by atoms with Crippen LogP contribution in [0, 0.1) is 0 Å². The summed E-state index contributed by atoms with van der Waals surface area (Å²) in [5, 5.41) is 4.73. The number of para-hydroxylation sites is 1. The Morgan fingerprint density at radius 3 is 2.40 bits per heavy atom. The fourth-order valence-electron chi connectivity index (χ4n) is 3.33. The molecule has 0 atom stereocenters. The first-order valence-corrected chi connectivity index (χ1v) is 9.14. The van der Waals surface area contributed by atoms with Crippen LogP contribution in [0.2, 0.25) is 0 Å². The van der Waals surface area contributed by atoms with Crippen molar-refractivity contribution in [1.82, 2.24) is 14.6 Å². The quantitative estimate of drug-likeness (QED) is 0.342. The number of nitrogens with zero attached hydrogens (tertiary/aromatic N) is 3. The Balaban J connectivity index is 1.86. The van der Waals surface area contributed by atoms with Gasteiger partial charge in [-0.1, -0.05) is 42.5 Å². The van der Waals surface area contributed by atoms with Gasteiger partial charge < -0.3 is 4.42 Å². The van der Waals surface area contributed by atoms with Gasteiger partial charge in [-0.3, -0.25) is 14.4 Å². The molecule has 0 N–H and O–H groups in total. The number of rotatable bonds is 4. The molecular weight excluding hydrogens is 382 g/mol. The molecule has 7 nitrogen and oxygen atoms in total. The summed E-state index contributed by atoms with van der Waals surface area (Å²) in [6, 6.07) is 19.8. The molecule has 0 spiro atoms. The maximum Gasteiger partial charge on any atom is 0.281 e. The number of benzene rings is 2. The van der Waals surface area contributed by atoms with Crippen LogP contribution < -0.4 is 5.56 Å². The van der Waals surface area contributed by atoms with E-state index < -0.39 is 11.3 Å². The molecule has 5 rings (SSSR count). The van der Waals surface area contributed by atoms with Crippen molar-refractivity contribution >= 4 is 28.1 Å². The zero-order valence-electron chi connectivity index (χ0n) is 15.5. The van der Waals surface area contributed by atoms with Crippen molar-refractivity contribution in [3.63, 3.8) is 0 Å². The molecule has 0 aliphatic rings. The highest BCUT2D eigenvalue weighted by Gasteiger charge is 2.22. The first kappa shape index (κ1) is 17.7. The first-order valence-electron chi connectivity index (χ1n) is 9.14. The van der Waals surface area contributed by atoms with Crippen LogP contribution in [0.1, 0.15) is 32.2 Å². The zero-order valence-corrected chi connectivity index (χ0v) is 15.5. The second-order valence-corrected chi connectivity index (χ2v) is 6.61. The van der Waals surface area contributed by atoms with Crippen molar-refractivity contribution in [2.45, 2.75) is 0 Å². The van der Waals surface area contributed by atoms with Crippen molar-refractivity contribution in [2.24, 2.45) is 0 Å². The van der Waals surface area contributed by atoms with Crippen LogP contribution in [-0.4, -0.2) is 26.2 Å². The summed E-state index contributed by atoms with van der Waals surface area (Å²) < 4.78 is 6.57. The summed E-state index contributed by atoms with van der Waals surface area (Å²) in [6.45, 7) is 0. The summed E-state index contributed by atoms with van der Waals surface area (Å²) >= 11 is 0. The van der Waals surface area contributed by atoms with Gasteiger partial charge in [0.15, 0.2) is 17.2 Å². The Morgan fingerprint density at radius 1 is 0.867 bits per heavy atom. The van der Waals surface area contributed by atoms with Gasteiger partial charge in [-0.25, -0.2) is 4.52 Å². The van der Waals surface area contributed by atoms with Gasteiger partial charge >= 0.3 is 0 Å². The van der Waals surface area contributed by atoms with Gasteiger partial charge in [-0.2, -0.15) is 10.1 Å². The molecule has 0 bridgehead atoms. The number of carbonyl (C=O) groups is 2. The van der Waals surface area contributed by atoms with Gasteiger partial charge in [0, 0.05) is 5.56 Å². The molecule has 0 fully saturated rings. The maximum atomic E-state index is 13.3. The van der Waals surface area contributed by atoms with Crippen molar-refractivity contribution < 1.29 is 14.0 Å². The van der Waals surface area contributed by atoms with Crippen molar-refractivity contribution in [3.05, 3.63) is 112 Å². The Hall–Kier alpha value is -4.39. The SMILES string of the molecule is O=C(c1cc(C(=O)c2ccccc2)c2nc(=O)c3ccccc3n2n1)c1ccco1. The molecule has 0 unspecified atom stereocenters. The van der Waals surface area contributed by atoms with E-state index in [0.29, 0.717) is 16.5 Å². The minimum Gasteiger partial charge on any atom is -0.461 e. The van der Waals surface area contributed by atoms with E-state index in [-0.39, 0.29) is 28.4 Å². The van der Waals surface area contributed by atoms with Crippen LogP contribution in [0.3, 0.4) is 0 Å². The molecule has 0 aliphatic carbocycles. The number of hydrogen-bond acceptors (Lipinski definition) is 6. The van der Waals surface area contributed by atoms with E-state index in [1.807, 2.05) is 0 Å². The lowest BCUT2D eigenvalue weighted by Crippen LogP contribution is -2.19. The van der Waals surface area contributed by atoms with Crippen molar-refractivity contribution in [3.8, 4) is 0 Å². The number of hydrogen-bond donors (Lipinski definition) is 0. The molecule has 0 aliphatic heterocycles. The molecule has 0 saturated heterocycles. The Kier molecular flexibility index (Phi) is 4.07. The van der Waals surface area contributed by atoms with Crippen LogP contribution in [-0.2, 0) is 0 Å². The summed E-state index contributed by atoms with van der Waals surface area (Å²) in [7, 11) is 0. The predicted molar refractivity (Wildman–Crippen MR) is 109 cm³/mol. The highest BCUT2D eigenvalue weighted by atomic mass is 16.3. The summed E-state index contributed by atoms with van der Waals surface area (Å²) in [4.78, 5) is 42.8. The highest BCUT2D eigenvalue weighted by Crippen LogP contribution is 2.20. The lowest BCUT2D eigenvalue weighted by atomic mass is 10.0. The third-order valence-corrected chi connectivity index (χ3v) is 4.76. The van der Waals surface area contributed by atoms with E-state index in [9.17, 15) is 14.4 Å². The number of fused-ring (bicyclic) bond motifs is 3. The summed E-state index contributed by atoms with van der Waals surface area (Å²) in [5.41, 5.74) is 0.581. The van der Waals surface area contributed by atoms with E-state index in [2.05, 4.69) is 10.1 Å². The Morgan fingerprint density at radius 2 is 1.63 bits per heavy atom. The number of furan rings is 1. The standard InChI is InChI=1S/C23H13N3O4/c27-20(14-7-2-1-3-8-14)16-13-17(21(28)19-11-6-12-30-19)25-26-18-10-5-4-9-15(18)23(29)24-22(16)26/h1-13H. The third-order valence-electron chi connectivity index (χ3n) is 4.76. The summed E-state index contributed by atoms with van der Waals surface area (Å²) in [6.07, 6.45) is 1.39. The van der Waals surface area contributed by atoms with E-state index in [4.69, 9.17) is 4.42 Å². The molecular formula is C23H13N3O4. The van der Waals surface area contributed by atoms with Gasteiger partial charge in [0.1, 0.15) is 5.69 Å². The molecule has 3 heterocycles. The fraction of sp³-hybridized carbons (Fsp3) is 0. The van der Waals surface area contributed by atoms with Gasteiger partial charge in [0.2, 0.25) is 5.78 Å². The molecule has 0 radical (unpaired) electrons. The van der Waals surface area contributed by atoms with Crippen LogP contribution in [0.5, 0.6) is 0 Å². The molecule has 0 amide bonds. The normalized spacial score (nSPS) is 11.1. The maximum absolute atomic E-state index is 13.3. The minimum atomic E-state index is -0.480. The van der Waals surface area contributed by atoms with Crippen LogP contribution >= 0.6 is 0 Å². The van der Waals surface area contributed by atoms with Gasteiger partial charge in [-0.15, -0.1) is 0 Å². The average molecular weight is 395 g/mol. The Labute approximate surface area is 169 Å². The molecule has 144 valence electrons. The second kappa shape index (κ2) is 6.89. The lowest BCUT2D eigenvalue weighted by Gasteiger charge is -2.11. The Bertz CT molecular complexity index is 1490. The van der Waals surface area contributed by atoms with Gasteiger partial charge in [-0.05, 0) is 30.3 Å². The summed E-state index contributed by atoms with van der Waals surface area (Å²) in [5.74, 6) is -0.753. The van der Waals surface area contributed by atoms with Crippen molar-refractivity contribution in [2.75, 3.05) is 0 Å². The van der Waals surface area contributed by atoms with E-state index >= 15 is 0 Å². The zero-order chi connectivity index (χ0) is 20.7. The molecule has 7 heteroatoms. The van der Waals surface area contributed by atoms with Crippen molar-refractivity contribution in [1.29, 1.82) is 0 Å². The third kappa shape index (κ3) is 2.80.